The second-order valence-electron chi connectivity index (χ2n) is 3.56. The summed E-state index contributed by atoms with van der Waals surface area (Å²) in [6.07, 6.45) is -1.63. The minimum absolute atomic E-state index is 0.208. The molecule has 19 heavy (non-hydrogen) atoms. The van der Waals surface area contributed by atoms with Crippen molar-refractivity contribution in [1.82, 2.24) is 15.1 Å². The molecule has 0 fully saturated rings. The monoisotopic (exact) mass is 336 g/mol. The van der Waals surface area contributed by atoms with E-state index in [-0.39, 0.29) is 16.8 Å². The van der Waals surface area contributed by atoms with E-state index in [1.165, 1.54) is 12.5 Å². The van der Waals surface area contributed by atoms with Crippen LogP contribution in [-0.2, 0) is 12.6 Å². The average Bonchev–Trinajstić information content (AvgIpc) is 2.83. The Kier molecular flexibility index (Phi) is 4.03. The summed E-state index contributed by atoms with van der Waals surface area (Å²) in [6, 6.07) is 0.974. The van der Waals surface area contributed by atoms with E-state index in [1.54, 1.807) is 0 Å². The zero-order valence-corrected chi connectivity index (χ0v) is 11.0. The van der Waals surface area contributed by atoms with Crippen LogP contribution in [0.2, 0.25) is 0 Å². The van der Waals surface area contributed by atoms with Crippen LogP contribution in [0.4, 0.5) is 19.0 Å². The van der Waals surface area contributed by atoms with Gasteiger partial charge in [-0.1, -0.05) is 5.16 Å². The van der Waals surface area contributed by atoms with Gasteiger partial charge in [0.1, 0.15) is 5.82 Å². The molecule has 9 heteroatoms. The summed E-state index contributed by atoms with van der Waals surface area (Å²) in [7, 11) is 0. The molecule has 0 unspecified atom stereocenters. The summed E-state index contributed by atoms with van der Waals surface area (Å²) < 4.78 is 43.4. The van der Waals surface area contributed by atoms with Crippen LogP contribution in [0, 0.1) is 0 Å². The molecule has 2 rings (SSSR count). The van der Waals surface area contributed by atoms with Crippen molar-refractivity contribution in [2.75, 3.05) is 11.9 Å². The van der Waals surface area contributed by atoms with Crippen molar-refractivity contribution < 1.29 is 17.7 Å². The SMILES string of the molecule is FC(F)(F)c1cc(Br)cnc1NCCc1ncno1. The fourth-order valence-electron chi connectivity index (χ4n) is 1.39. The Balaban J connectivity index is 2.07. The van der Waals surface area contributed by atoms with Crippen LogP contribution < -0.4 is 5.32 Å². The number of hydrogen-bond donors (Lipinski definition) is 1. The number of alkyl halides is 3. The molecule has 0 aliphatic carbocycles. The molecule has 0 atom stereocenters. The lowest BCUT2D eigenvalue weighted by Gasteiger charge is -2.13. The Bertz CT molecular complexity index is 544. The third-order valence-corrected chi connectivity index (χ3v) is 2.63. The maximum Gasteiger partial charge on any atom is 0.419 e. The molecule has 0 bridgehead atoms. The lowest BCUT2D eigenvalue weighted by Crippen LogP contribution is -2.14. The lowest BCUT2D eigenvalue weighted by molar-refractivity contribution is -0.137. The van der Waals surface area contributed by atoms with Crippen molar-refractivity contribution in [2.24, 2.45) is 0 Å². The molecule has 0 saturated carbocycles. The molecule has 0 aliphatic rings. The standard InChI is InChI=1S/C10H8BrF3N4O/c11-6-3-7(10(12,13)14)9(16-4-6)15-2-1-8-17-5-18-19-8/h3-5H,1-2H2,(H,15,16). The zero-order chi connectivity index (χ0) is 13.9. The van der Waals surface area contributed by atoms with Gasteiger partial charge in [-0.05, 0) is 22.0 Å². The van der Waals surface area contributed by atoms with Crippen molar-refractivity contribution in [2.45, 2.75) is 12.6 Å². The quantitative estimate of drug-likeness (QED) is 0.929. The number of nitrogens with zero attached hydrogens (tertiary/aromatic N) is 3. The second-order valence-corrected chi connectivity index (χ2v) is 4.47. The maximum absolute atomic E-state index is 12.8. The normalized spacial score (nSPS) is 11.6. The molecule has 102 valence electrons. The molecule has 0 radical (unpaired) electrons. The van der Waals surface area contributed by atoms with Gasteiger partial charge in [0, 0.05) is 23.6 Å². The fourth-order valence-corrected chi connectivity index (χ4v) is 1.72. The number of aromatic nitrogens is 3. The molecule has 0 saturated heterocycles. The van der Waals surface area contributed by atoms with Crippen LogP contribution in [0.15, 0.2) is 27.6 Å². The van der Waals surface area contributed by atoms with Crippen molar-refractivity contribution in [3.8, 4) is 0 Å². The molecule has 0 aliphatic heterocycles. The van der Waals surface area contributed by atoms with Gasteiger partial charge in [-0.25, -0.2) is 4.98 Å². The Morgan fingerprint density at radius 1 is 1.32 bits per heavy atom. The van der Waals surface area contributed by atoms with Crippen LogP contribution >= 0.6 is 15.9 Å². The summed E-state index contributed by atoms with van der Waals surface area (Å²) in [4.78, 5) is 7.48. The van der Waals surface area contributed by atoms with Crippen LogP contribution in [0.5, 0.6) is 0 Å². The van der Waals surface area contributed by atoms with Gasteiger partial charge in [0.05, 0.1) is 5.56 Å². The number of anilines is 1. The smallest absolute Gasteiger partial charge is 0.369 e. The third-order valence-electron chi connectivity index (χ3n) is 2.20. The van der Waals surface area contributed by atoms with Gasteiger partial charge in [-0.15, -0.1) is 0 Å². The van der Waals surface area contributed by atoms with E-state index in [1.807, 2.05) is 0 Å². The first kappa shape index (κ1) is 13.8. The van der Waals surface area contributed by atoms with Gasteiger partial charge in [-0.3, -0.25) is 0 Å². The van der Waals surface area contributed by atoms with E-state index >= 15 is 0 Å². The number of nitrogens with one attached hydrogen (secondary N) is 1. The first-order valence-electron chi connectivity index (χ1n) is 5.19. The number of halogens is 4. The Hall–Kier alpha value is -1.64. The first-order valence-corrected chi connectivity index (χ1v) is 5.98. The molecule has 1 N–H and O–H groups in total. The third kappa shape index (κ3) is 3.66. The number of hydrogen-bond acceptors (Lipinski definition) is 5. The van der Waals surface area contributed by atoms with E-state index in [2.05, 4.69) is 36.4 Å². The Morgan fingerprint density at radius 3 is 2.74 bits per heavy atom. The first-order chi connectivity index (χ1) is 8.97. The molecular formula is C10H8BrF3N4O. The average molecular weight is 337 g/mol. The summed E-state index contributed by atoms with van der Waals surface area (Å²) in [5, 5.41) is 6.01. The second kappa shape index (κ2) is 5.55. The molecular weight excluding hydrogens is 329 g/mol. The molecule has 5 nitrogen and oxygen atoms in total. The van der Waals surface area contributed by atoms with Gasteiger partial charge >= 0.3 is 6.18 Å². The molecule has 0 aromatic carbocycles. The van der Waals surface area contributed by atoms with E-state index in [9.17, 15) is 13.2 Å². The predicted molar refractivity (Wildman–Crippen MR) is 63.4 cm³/mol. The van der Waals surface area contributed by atoms with Crippen LogP contribution in [-0.4, -0.2) is 21.7 Å². The van der Waals surface area contributed by atoms with E-state index in [0.717, 1.165) is 6.07 Å². The molecule has 2 aromatic heterocycles. The van der Waals surface area contributed by atoms with Crippen molar-refractivity contribution in [3.63, 3.8) is 0 Å². The van der Waals surface area contributed by atoms with Crippen molar-refractivity contribution >= 4 is 21.7 Å². The molecule has 2 aromatic rings. The van der Waals surface area contributed by atoms with Gasteiger partial charge < -0.3 is 9.84 Å². The maximum atomic E-state index is 12.8. The molecule has 0 spiro atoms. The largest absolute Gasteiger partial charge is 0.419 e. The van der Waals surface area contributed by atoms with E-state index in [0.29, 0.717) is 12.3 Å². The highest BCUT2D eigenvalue weighted by Gasteiger charge is 2.34. The van der Waals surface area contributed by atoms with Crippen LogP contribution in [0.1, 0.15) is 11.5 Å². The minimum atomic E-state index is -4.47. The summed E-state index contributed by atoms with van der Waals surface area (Å²) in [5.74, 6) is 0.119. The zero-order valence-electron chi connectivity index (χ0n) is 9.41. The molecule has 2 heterocycles. The lowest BCUT2D eigenvalue weighted by atomic mass is 10.2. The Labute approximate surface area is 114 Å². The number of pyridine rings is 1. The van der Waals surface area contributed by atoms with Gasteiger partial charge in [0.25, 0.3) is 0 Å². The predicted octanol–water partition coefficient (Wildman–Crippen LogP) is 2.90. The van der Waals surface area contributed by atoms with Gasteiger partial charge in [-0.2, -0.15) is 18.2 Å². The fraction of sp³-hybridized carbons (Fsp3) is 0.300. The van der Waals surface area contributed by atoms with Crippen LogP contribution in [0.3, 0.4) is 0 Å². The van der Waals surface area contributed by atoms with Crippen molar-refractivity contribution in [3.05, 3.63) is 34.5 Å². The summed E-state index contributed by atoms with van der Waals surface area (Å²) in [6.45, 7) is 0.208. The van der Waals surface area contributed by atoms with Gasteiger partial charge in [0.15, 0.2) is 6.33 Å². The summed E-state index contributed by atoms with van der Waals surface area (Å²) >= 11 is 2.96. The van der Waals surface area contributed by atoms with Gasteiger partial charge in [0.2, 0.25) is 5.89 Å². The summed E-state index contributed by atoms with van der Waals surface area (Å²) in [5.41, 5.74) is -0.826. The van der Waals surface area contributed by atoms with E-state index < -0.39 is 11.7 Å². The van der Waals surface area contributed by atoms with Crippen molar-refractivity contribution in [1.29, 1.82) is 0 Å². The number of rotatable bonds is 4. The topological polar surface area (TPSA) is 63.8 Å². The highest BCUT2D eigenvalue weighted by Crippen LogP contribution is 2.35. The minimum Gasteiger partial charge on any atom is -0.369 e. The molecule has 0 amide bonds. The Morgan fingerprint density at radius 2 is 2.11 bits per heavy atom. The highest BCUT2D eigenvalue weighted by molar-refractivity contribution is 9.10. The van der Waals surface area contributed by atoms with E-state index in [4.69, 9.17) is 4.52 Å². The highest BCUT2D eigenvalue weighted by atomic mass is 79.9. The van der Waals surface area contributed by atoms with Crippen LogP contribution in [0.25, 0.3) is 0 Å².